The van der Waals surface area contributed by atoms with E-state index < -0.39 is 0 Å². The fourth-order valence-corrected chi connectivity index (χ4v) is 2.90. The number of fused-ring (bicyclic) bond motifs is 1. The summed E-state index contributed by atoms with van der Waals surface area (Å²) in [5.41, 5.74) is 2.92. The molecule has 1 unspecified atom stereocenters. The predicted molar refractivity (Wildman–Crippen MR) is 85.4 cm³/mol. The lowest BCUT2D eigenvalue weighted by molar-refractivity contribution is -0.118. The fraction of sp³-hybridized carbons (Fsp3) is 0.412. The van der Waals surface area contributed by atoms with E-state index in [9.17, 15) is 4.79 Å². The second-order valence-electron chi connectivity index (χ2n) is 5.67. The van der Waals surface area contributed by atoms with Crippen molar-refractivity contribution in [3.05, 3.63) is 36.0 Å². The van der Waals surface area contributed by atoms with Crippen molar-refractivity contribution in [2.45, 2.75) is 38.6 Å². The number of carbonyl (C=O) groups is 1. The minimum atomic E-state index is -0.0828. The third kappa shape index (κ3) is 3.05. The Morgan fingerprint density at radius 1 is 1.29 bits per heavy atom. The Morgan fingerprint density at radius 2 is 2.19 bits per heavy atom. The summed E-state index contributed by atoms with van der Waals surface area (Å²) in [5, 5.41) is 7.40. The lowest BCUT2D eigenvalue weighted by Crippen LogP contribution is -2.39. The van der Waals surface area contributed by atoms with E-state index in [1.54, 1.807) is 6.20 Å². The molecule has 0 aliphatic carbocycles. The van der Waals surface area contributed by atoms with Gasteiger partial charge in [-0.2, -0.15) is 0 Å². The number of carbonyl (C=O) groups excluding carboxylic acids is 1. The number of hydrogen-bond donors (Lipinski definition) is 2. The van der Waals surface area contributed by atoms with E-state index in [1.165, 1.54) is 6.42 Å². The first-order valence-electron chi connectivity index (χ1n) is 7.64. The van der Waals surface area contributed by atoms with Gasteiger partial charge in [0.05, 0.1) is 17.2 Å². The summed E-state index contributed by atoms with van der Waals surface area (Å²) in [4.78, 5) is 16.9. The molecule has 2 aromatic rings. The molecule has 4 heteroatoms. The minimum absolute atomic E-state index is 0.0610. The van der Waals surface area contributed by atoms with Crippen LogP contribution in [0.5, 0.6) is 0 Å². The molecule has 1 aliphatic rings. The zero-order chi connectivity index (χ0) is 14.7. The van der Waals surface area contributed by atoms with Crippen LogP contribution < -0.4 is 10.6 Å². The van der Waals surface area contributed by atoms with Crippen molar-refractivity contribution in [1.29, 1.82) is 0 Å². The van der Waals surface area contributed by atoms with Gasteiger partial charge in [-0.25, -0.2) is 0 Å². The van der Waals surface area contributed by atoms with Gasteiger partial charge in [-0.3, -0.25) is 9.78 Å². The van der Waals surface area contributed by atoms with Gasteiger partial charge in [0.15, 0.2) is 0 Å². The van der Waals surface area contributed by atoms with Crippen LogP contribution >= 0.6 is 0 Å². The molecule has 0 bridgehead atoms. The Hall–Kier alpha value is -1.94. The summed E-state index contributed by atoms with van der Waals surface area (Å²) in [6.07, 6.45) is 6.16. The van der Waals surface area contributed by atoms with Gasteiger partial charge in [-0.15, -0.1) is 0 Å². The first-order valence-corrected chi connectivity index (χ1v) is 7.64. The average molecular weight is 283 g/mol. The van der Waals surface area contributed by atoms with E-state index in [0.29, 0.717) is 0 Å². The van der Waals surface area contributed by atoms with E-state index in [0.717, 1.165) is 48.0 Å². The molecule has 1 aliphatic heterocycles. The maximum absolute atomic E-state index is 12.5. The molecule has 1 saturated heterocycles. The molecule has 4 nitrogen and oxygen atoms in total. The standard InChI is InChI=1S/C17H21N3O/c1-12-8-9-14(13-6-5-11-19-16(12)13)20-17(21)15-7-3-2-4-10-18-15/h5-6,8-9,11,15,18H,2-4,7,10H2,1H3,(H,20,21). The predicted octanol–water partition coefficient (Wildman–Crippen LogP) is 3.01. The summed E-state index contributed by atoms with van der Waals surface area (Å²) < 4.78 is 0. The van der Waals surface area contributed by atoms with Crippen molar-refractivity contribution in [1.82, 2.24) is 10.3 Å². The van der Waals surface area contributed by atoms with Crippen LogP contribution in [0.1, 0.15) is 31.2 Å². The summed E-state index contributed by atoms with van der Waals surface area (Å²) in [7, 11) is 0. The van der Waals surface area contributed by atoms with Gasteiger partial charge >= 0.3 is 0 Å². The molecule has 2 N–H and O–H groups in total. The molecular weight excluding hydrogens is 262 g/mol. The van der Waals surface area contributed by atoms with Crippen LogP contribution in [0.2, 0.25) is 0 Å². The van der Waals surface area contributed by atoms with Crippen LogP contribution in [0.25, 0.3) is 10.9 Å². The van der Waals surface area contributed by atoms with Crippen molar-refractivity contribution in [3.63, 3.8) is 0 Å². The molecular formula is C17H21N3O. The largest absolute Gasteiger partial charge is 0.324 e. The Morgan fingerprint density at radius 3 is 3.10 bits per heavy atom. The SMILES string of the molecule is Cc1ccc(NC(=O)C2CCCCCN2)c2cccnc12. The third-order valence-corrected chi connectivity index (χ3v) is 4.11. The molecule has 1 aromatic carbocycles. The highest BCUT2D eigenvalue weighted by Crippen LogP contribution is 2.25. The monoisotopic (exact) mass is 283 g/mol. The first-order chi connectivity index (χ1) is 10.3. The number of hydrogen-bond acceptors (Lipinski definition) is 3. The number of rotatable bonds is 2. The van der Waals surface area contributed by atoms with Gasteiger partial charge in [0.2, 0.25) is 5.91 Å². The second kappa shape index (κ2) is 6.22. The van der Waals surface area contributed by atoms with Crippen LogP contribution in [0.15, 0.2) is 30.5 Å². The average Bonchev–Trinajstić information content (AvgIpc) is 2.79. The number of amides is 1. The van der Waals surface area contributed by atoms with E-state index in [1.807, 2.05) is 31.2 Å². The smallest absolute Gasteiger partial charge is 0.241 e. The molecule has 1 atom stereocenters. The number of pyridine rings is 1. The number of aromatic nitrogens is 1. The van der Waals surface area contributed by atoms with Gasteiger partial charge < -0.3 is 10.6 Å². The van der Waals surface area contributed by atoms with Crippen LogP contribution in [-0.4, -0.2) is 23.5 Å². The quantitative estimate of drug-likeness (QED) is 0.890. The van der Waals surface area contributed by atoms with Crippen LogP contribution in [-0.2, 0) is 4.79 Å². The van der Waals surface area contributed by atoms with Crippen LogP contribution in [0, 0.1) is 6.92 Å². The summed E-state index contributed by atoms with van der Waals surface area (Å²) in [6, 6.07) is 7.80. The van der Waals surface area contributed by atoms with Gasteiger partial charge in [0, 0.05) is 11.6 Å². The summed E-state index contributed by atoms with van der Waals surface area (Å²) >= 11 is 0. The highest BCUT2D eigenvalue weighted by molar-refractivity contribution is 6.03. The fourth-order valence-electron chi connectivity index (χ4n) is 2.90. The highest BCUT2D eigenvalue weighted by atomic mass is 16.2. The highest BCUT2D eigenvalue weighted by Gasteiger charge is 2.20. The zero-order valence-corrected chi connectivity index (χ0v) is 12.4. The lowest BCUT2D eigenvalue weighted by atomic mass is 10.1. The number of nitrogens with zero attached hydrogens (tertiary/aromatic N) is 1. The van der Waals surface area contributed by atoms with Crippen molar-refractivity contribution in [3.8, 4) is 0 Å². The van der Waals surface area contributed by atoms with E-state index in [-0.39, 0.29) is 11.9 Å². The molecule has 21 heavy (non-hydrogen) atoms. The second-order valence-corrected chi connectivity index (χ2v) is 5.67. The van der Waals surface area contributed by atoms with Crippen molar-refractivity contribution in [2.24, 2.45) is 0 Å². The molecule has 110 valence electrons. The molecule has 1 amide bonds. The van der Waals surface area contributed by atoms with Crippen LogP contribution in [0.4, 0.5) is 5.69 Å². The van der Waals surface area contributed by atoms with Crippen LogP contribution in [0.3, 0.4) is 0 Å². The number of nitrogens with one attached hydrogen (secondary N) is 2. The van der Waals surface area contributed by atoms with E-state index >= 15 is 0 Å². The normalized spacial score (nSPS) is 19.2. The Bertz CT molecular complexity index is 646. The maximum Gasteiger partial charge on any atom is 0.241 e. The molecule has 3 rings (SSSR count). The molecule has 0 saturated carbocycles. The van der Waals surface area contributed by atoms with Crippen molar-refractivity contribution in [2.75, 3.05) is 11.9 Å². The Labute approximate surface area is 125 Å². The van der Waals surface area contributed by atoms with Gasteiger partial charge in [-0.05, 0) is 50.1 Å². The molecule has 1 aromatic heterocycles. The Kier molecular flexibility index (Phi) is 4.15. The number of benzene rings is 1. The summed E-state index contributed by atoms with van der Waals surface area (Å²) in [5.74, 6) is 0.0610. The third-order valence-electron chi connectivity index (χ3n) is 4.11. The van der Waals surface area contributed by atoms with Gasteiger partial charge in [0.25, 0.3) is 0 Å². The number of anilines is 1. The lowest BCUT2D eigenvalue weighted by Gasteiger charge is -2.17. The van der Waals surface area contributed by atoms with Crippen molar-refractivity contribution < 1.29 is 4.79 Å². The van der Waals surface area contributed by atoms with E-state index in [2.05, 4.69) is 15.6 Å². The number of aryl methyl sites for hydroxylation is 1. The maximum atomic E-state index is 12.5. The van der Waals surface area contributed by atoms with Gasteiger partial charge in [0.1, 0.15) is 0 Å². The first kappa shape index (κ1) is 14.0. The van der Waals surface area contributed by atoms with E-state index in [4.69, 9.17) is 0 Å². The zero-order valence-electron chi connectivity index (χ0n) is 12.4. The summed E-state index contributed by atoms with van der Waals surface area (Å²) in [6.45, 7) is 2.96. The van der Waals surface area contributed by atoms with Crippen molar-refractivity contribution >= 4 is 22.5 Å². The topological polar surface area (TPSA) is 54.0 Å². The molecule has 2 heterocycles. The molecule has 0 radical (unpaired) electrons. The van der Waals surface area contributed by atoms with Gasteiger partial charge in [-0.1, -0.05) is 18.9 Å². The minimum Gasteiger partial charge on any atom is -0.324 e. The molecule has 1 fully saturated rings. The Balaban J connectivity index is 1.84. The molecule has 0 spiro atoms.